The molecule has 23 heteroatoms. The van der Waals surface area contributed by atoms with Gasteiger partial charge in [0.2, 0.25) is 29.5 Å². The number of pyridine rings is 2. The summed E-state index contributed by atoms with van der Waals surface area (Å²) in [6.07, 6.45) is 11.2. The maximum Gasteiger partial charge on any atom is 0.321 e. The van der Waals surface area contributed by atoms with Crippen LogP contribution in [0.25, 0.3) is 22.2 Å². The number of hydrogen-bond donors (Lipinski definition) is 3. The van der Waals surface area contributed by atoms with Crippen molar-refractivity contribution in [2.75, 3.05) is 68.3 Å². The summed E-state index contributed by atoms with van der Waals surface area (Å²) in [4.78, 5) is 91.5. The number of carbonyl (C=O) groups is 5. The van der Waals surface area contributed by atoms with Crippen molar-refractivity contribution in [2.45, 2.75) is 63.5 Å². The number of halogens is 2. The maximum absolute atomic E-state index is 15.8. The van der Waals surface area contributed by atoms with E-state index in [2.05, 4.69) is 40.4 Å². The molecular weight excluding hydrogens is 907 g/mol. The molecule has 3 N–H and O–H groups in total. The molecule has 1 aromatic carbocycles. The molecular formula is C45H50F2N12O8S. The Morgan fingerprint density at radius 3 is 2.31 bits per heavy atom. The number of likely N-dealkylation sites (N-methyl/N-ethyl adjacent to an activating group) is 1. The van der Waals surface area contributed by atoms with Gasteiger partial charge in [-0.25, -0.2) is 23.7 Å². The lowest BCUT2D eigenvalue weighted by atomic mass is 9.93. The van der Waals surface area contributed by atoms with Gasteiger partial charge in [0.15, 0.2) is 11.5 Å². The Kier molecular flexibility index (Phi) is 14.0. The van der Waals surface area contributed by atoms with Gasteiger partial charge >= 0.3 is 16.7 Å². The number of imide groups is 1. The smallest absolute Gasteiger partial charge is 0.321 e. The highest BCUT2D eigenvalue weighted by atomic mass is 32.2. The van der Waals surface area contributed by atoms with E-state index in [0.717, 1.165) is 58.7 Å². The van der Waals surface area contributed by atoms with Crippen molar-refractivity contribution in [3.63, 3.8) is 0 Å². The first-order valence-corrected chi connectivity index (χ1v) is 23.6. The van der Waals surface area contributed by atoms with Gasteiger partial charge in [-0.05, 0) is 69.5 Å². The SMILES string of the molecule is CCN(C)S(=O)(=O)Nc1ccc(F)c(C(=O)c2cn(OC=O)c3ncc(-c4cnc(N5CCC(N(C)CC(=O)N6CCC(c7ccc(NC8CCC(=O)NC8=O)cn7)CC6)CC5)nc4)cc23)c1F. The van der Waals surface area contributed by atoms with E-state index in [4.69, 9.17) is 4.84 Å². The summed E-state index contributed by atoms with van der Waals surface area (Å²) in [7, 11) is -0.992. The fourth-order valence-electron chi connectivity index (χ4n) is 8.68. The second-order valence-corrected chi connectivity index (χ2v) is 18.8. The molecule has 3 aliphatic rings. The minimum absolute atomic E-state index is 0.0112. The van der Waals surface area contributed by atoms with Crippen LogP contribution in [0.15, 0.2) is 61.3 Å². The zero-order valence-electron chi connectivity index (χ0n) is 37.5. The zero-order valence-corrected chi connectivity index (χ0v) is 38.3. The minimum Gasteiger partial charge on any atom is -0.372 e. The average Bonchev–Trinajstić information content (AvgIpc) is 3.70. The topological polar surface area (TPSA) is 234 Å². The zero-order chi connectivity index (χ0) is 48.3. The van der Waals surface area contributed by atoms with E-state index in [1.807, 2.05) is 28.8 Å². The van der Waals surface area contributed by atoms with E-state index in [1.54, 1.807) is 25.5 Å². The summed E-state index contributed by atoms with van der Waals surface area (Å²) in [6, 6.07) is 6.70. The number of benzene rings is 1. The third-order valence-electron chi connectivity index (χ3n) is 12.8. The first-order valence-electron chi connectivity index (χ1n) is 22.1. The van der Waals surface area contributed by atoms with Crippen LogP contribution in [0.4, 0.5) is 26.1 Å². The van der Waals surface area contributed by atoms with Gasteiger partial charge in [0.05, 0.1) is 41.4 Å². The van der Waals surface area contributed by atoms with Crippen molar-refractivity contribution in [1.29, 1.82) is 0 Å². The van der Waals surface area contributed by atoms with Gasteiger partial charge in [0, 0.05) is 98.9 Å². The van der Waals surface area contributed by atoms with Crippen molar-refractivity contribution in [1.82, 2.24) is 44.1 Å². The minimum atomic E-state index is -4.22. The molecule has 3 amide bonds. The molecule has 3 aliphatic heterocycles. The standard InChI is InChI=1S/C45H50F2N12O8S/c1-4-56(3)68(65,66)54-36-8-6-34(46)40(41(36)47)42(63)33-24-59(67-26-60)43-32(33)19-28(20-49-43)29-21-50-45(51-22-29)58-17-13-31(14-18-58)55(2)25-39(62)57-15-11-27(12-16-57)35-7-5-30(23-48-35)52-37-9-10-38(61)53-44(37)64/h5-8,19-24,26-27,31,37,52,54H,4,9-18,25H2,1-3H3,(H,53,61,64). The van der Waals surface area contributed by atoms with E-state index in [1.165, 1.54) is 19.3 Å². The van der Waals surface area contributed by atoms with E-state index < -0.39 is 44.9 Å². The Morgan fingerprint density at radius 2 is 1.65 bits per heavy atom. The second-order valence-electron chi connectivity index (χ2n) is 17.0. The molecule has 0 radical (unpaired) electrons. The van der Waals surface area contributed by atoms with E-state index in [9.17, 15) is 32.4 Å². The van der Waals surface area contributed by atoms with Gasteiger partial charge in [0.1, 0.15) is 11.9 Å². The molecule has 0 spiro atoms. The molecule has 7 heterocycles. The van der Waals surface area contributed by atoms with Gasteiger partial charge in [-0.1, -0.05) is 6.92 Å². The molecule has 358 valence electrons. The predicted molar refractivity (Wildman–Crippen MR) is 244 cm³/mol. The lowest BCUT2D eigenvalue weighted by Crippen LogP contribution is -2.48. The first-order chi connectivity index (χ1) is 32.6. The number of nitrogens with one attached hydrogen (secondary N) is 3. The lowest BCUT2D eigenvalue weighted by molar-refractivity contribution is -0.134. The molecule has 3 fully saturated rings. The van der Waals surface area contributed by atoms with Crippen LogP contribution in [0.2, 0.25) is 0 Å². The Hall–Kier alpha value is -6.98. The van der Waals surface area contributed by atoms with Crippen LogP contribution < -0.4 is 25.1 Å². The molecule has 0 aliphatic carbocycles. The maximum atomic E-state index is 15.8. The third-order valence-corrected chi connectivity index (χ3v) is 14.3. The molecule has 4 aromatic heterocycles. The second kappa shape index (κ2) is 20.1. The van der Waals surface area contributed by atoms with E-state index in [0.29, 0.717) is 68.3 Å². The highest BCUT2D eigenvalue weighted by molar-refractivity contribution is 7.90. The number of likely N-dealkylation sites (tertiary alicyclic amines) is 1. The van der Waals surface area contributed by atoms with E-state index in [-0.39, 0.29) is 59.3 Å². The third kappa shape index (κ3) is 10.1. The van der Waals surface area contributed by atoms with Crippen molar-refractivity contribution in [2.24, 2.45) is 0 Å². The van der Waals surface area contributed by atoms with Crippen LogP contribution in [-0.4, -0.2) is 143 Å². The largest absolute Gasteiger partial charge is 0.372 e. The van der Waals surface area contributed by atoms with Gasteiger partial charge in [0.25, 0.3) is 0 Å². The number of anilines is 3. The number of aromatic nitrogens is 5. The molecule has 3 saturated heterocycles. The molecule has 20 nitrogen and oxygen atoms in total. The van der Waals surface area contributed by atoms with Crippen LogP contribution in [-0.2, 0) is 29.4 Å². The molecule has 0 bridgehead atoms. The summed E-state index contributed by atoms with van der Waals surface area (Å²) in [6.45, 7) is 4.57. The Bertz CT molecular complexity index is 2830. The Morgan fingerprint density at radius 1 is 0.926 bits per heavy atom. The van der Waals surface area contributed by atoms with Crippen molar-refractivity contribution in [3.05, 3.63) is 89.8 Å². The summed E-state index contributed by atoms with van der Waals surface area (Å²) >= 11 is 0. The van der Waals surface area contributed by atoms with Crippen molar-refractivity contribution < 1.29 is 46.0 Å². The van der Waals surface area contributed by atoms with Gasteiger partial charge in [-0.2, -0.15) is 17.5 Å². The van der Waals surface area contributed by atoms with Gasteiger partial charge < -0.3 is 20.0 Å². The van der Waals surface area contributed by atoms with Gasteiger partial charge in [-0.3, -0.25) is 43.9 Å². The average molecular weight is 957 g/mol. The molecule has 1 atom stereocenters. The Balaban J connectivity index is 0.857. The number of hydrogen-bond acceptors (Lipinski definition) is 15. The molecule has 5 aromatic rings. The summed E-state index contributed by atoms with van der Waals surface area (Å²) < 4.78 is 60.1. The highest BCUT2D eigenvalue weighted by Gasteiger charge is 2.31. The van der Waals surface area contributed by atoms with Crippen LogP contribution in [0.1, 0.15) is 73.0 Å². The van der Waals surface area contributed by atoms with Gasteiger partial charge in [-0.15, -0.1) is 0 Å². The quantitative estimate of drug-likeness (QED) is 0.0733. The van der Waals surface area contributed by atoms with E-state index >= 15 is 8.78 Å². The first kappa shape index (κ1) is 47.5. The number of fused-ring (bicyclic) bond motifs is 1. The molecule has 8 rings (SSSR count). The number of amides is 3. The van der Waals surface area contributed by atoms with Crippen LogP contribution >= 0.6 is 0 Å². The Labute approximate surface area is 390 Å². The number of rotatable bonds is 16. The fraction of sp³-hybridized carbons (Fsp3) is 0.400. The molecule has 68 heavy (non-hydrogen) atoms. The van der Waals surface area contributed by atoms with Crippen molar-refractivity contribution >= 4 is 68.5 Å². The summed E-state index contributed by atoms with van der Waals surface area (Å²) in [5.74, 6) is -3.66. The fourth-order valence-corrected chi connectivity index (χ4v) is 9.61. The van der Waals surface area contributed by atoms with Crippen molar-refractivity contribution in [3.8, 4) is 11.1 Å². The monoisotopic (exact) mass is 956 g/mol. The number of ketones is 1. The molecule has 0 saturated carbocycles. The summed E-state index contributed by atoms with van der Waals surface area (Å²) in [5.41, 5.74) is 0.626. The number of piperidine rings is 3. The predicted octanol–water partition coefficient (Wildman–Crippen LogP) is 3.11. The lowest BCUT2D eigenvalue weighted by Gasteiger charge is -2.38. The summed E-state index contributed by atoms with van der Waals surface area (Å²) in [5, 5.41) is 5.57. The molecule has 1 unspecified atom stereocenters. The van der Waals surface area contributed by atoms with Crippen LogP contribution in [0.3, 0.4) is 0 Å². The number of carbonyl (C=O) groups excluding carboxylic acids is 5. The normalized spacial score (nSPS) is 17.4. The number of nitrogens with zero attached hydrogens (tertiary/aromatic N) is 9. The van der Waals surface area contributed by atoms with Crippen LogP contribution in [0, 0.1) is 11.6 Å². The van der Waals surface area contributed by atoms with Crippen LogP contribution in [0.5, 0.6) is 0 Å². The highest BCUT2D eigenvalue weighted by Crippen LogP contribution is 2.32.